The Bertz CT molecular complexity index is 348. The van der Waals surface area contributed by atoms with Crippen molar-refractivity contribution in [3.05, 3.63) is 28.2 Å². The van der Waals surface area contributed by atoms with E-state index in [2.05, 4.69) is 4.90 Å². The Kier molecular flexibility index (Phi) is 3.39. The van der Waals surface area contributed by atoms with Crippen LogP contribution in [0.5, 0.6) is 0 Å². The zero-order valence-corrected chi connectivity index (χ0v) is 9.80. The lowest BCUT2D eigenvalue weighted by Crippen LogP contribution is -2.35. The molecule has 1 fully saturated rings. The minimum atomic E-state index is -0.149. The number of aliphatic hydroxyl groups excluding tert-OH is 1. The van der Waals surface area contributed by atoms with E-state index in [1.54, 1.807) is 0 Å². The summed E-state index contributed by atoms with van der Waals surface area (Å²) in [7, 11) is 0. The fraction of sp³-hybridized carbons (Fsp3) is 0.455. The maximum atomic E-state index is 9.40. The van der Waals surface area contributed by atoms with Crippen molar-refractivity contribution in [2.75, 3.05) is 18.0 Å². The van der Waals surface area contributed by atoms with Crippen LogP contribution in [0.3, 0.4) is 0 Å². The van der Waals surface area contributed by atoms with Gasteiger partial charge in [-0.15, -0.1) is 0 Å². The predicted molar refractivity (Wildman–Crippen MR) is 63.9 cm³/mol. The average Bonchev–Trinajstić information content (AvgIpc) is 2.23. The maximum Gasteiger partial charge on any atom is 0.0612 e. The molecule has 0 unspecified atom stereocenters. The number of hydrogen-bond donors (Lipinski definition) is 1. The van der Waals surface area contributed by atoms with Gasteiger partial charge in [-0.2, -0.15) is 0 Å². The van der Waals surface area contributed by atoms with Crippen molar-refractivity contribution in [2.45, 2.75) is 18.9 Å². The Hall–Kier alpha value is -0.440. The standard InChI is InChI=1S/C11H13Cl2NO/c12-10-2-1-8(7-11(10)13)14-5-3-9(15)4-6-14/h1-2,7,9,15H,3-6H2. The molecule has 0 spiro atoms. The van der Waals surface area contributed by atoms with E-state index in [4.69, 9.17) is 23.2 Å². The molecule has 2 nitrogen and oxygen atoms in total. The van der Waals surface area contributed by atoms with Gasteiger partial charge in [-0.1, -0.05) is 23.2 Å². The normalized spacial score (nSPS) is 18.2. The largest absolute Gasteiger partial charge is 0.393 e. The van der Waals surface area contributed by atoms with Gasteiger partial charge in [0.2, 0.25) is 0 Å². The Morgan fingerprint density at radius 2 is 1.80 bits per heavy atom. The monoisotopic (exact) mass is 245 g/mol. The van der Waals surface area contributed by atoms with Crippen molar-refractivity contribution in [1.82, 2.24) is 0 Å². The molecule has 0 amide bonds. The molecule has 4 heteroatoms. The molecule has 15 heavy (non-hydrogen) atoms. The van der Waals surface area contributed by atoms with Crippen LogP contribution in [0.15, 0.2) is 18.2 Å². The van der Waals surface area contributed by atoms with Crippen LogP contribution >= 0.6 is 23.2 Å². The van der Waals surface area contributed by atoms with Crippen molar-refractivity contribution in [3.8, 4) is 0 Å². The van der Waals surface area contributed by atoms with E-state index in [1.165, 1.54) is 0 Å². The first-order valence-electron chi connectivity index (χ1n) is 5.05. The number of anilines is 1. The number of benzene rings is 1. The Balaban J connectivity index is 2.12. The molecule has 1 aromatic rings. The van der Waals surface area contributed by atoms with Gasteiger partial charge < -0.3 is 10.0 Å². The smallest absolute Gasteiger partial charge is 0.0612 e. The number of nitrogens with zero attached hydrogens (tertiary/aromatic N) is 1. The van der Waals surface area contributed by atoms with Gasteiger partial charge in [0.1, 0.15) is 0 Å². The second-order valence-electron chi connectivity index (χ2n) is 3.82. The quantitative estimate of drug-likeness (QED) is 0.823. The van der Waals surface area contributed by atoms with Crippen LogP contribution < -0.4 is 4.90 Å². The minimum Gasteiger partial charge on any atom is -0.393 e. The molecule has 82 valence electrons. The summed E-state index contributed by atoms with van der Waals surface area (Å²) in [6.07, 6.45) is 1.49. The molecule has 0 bridgehead atoms. The van der Waals surface area contributed by atoms with Crippen LogP contribution in [0, 0.1) is 0 Å². The summed E-state index contributed by atoms with van der Waals surface area (Å²) in [6.45, 7) is 1.75. The van der Waals surface area contributed by atoms with Crippen LogP contribution in [0.4, 0.5) is 5.69 Å². The molecule has 1 N–H and O–H groups in total. The molecule has 1 heterocycles. The van der Waals surface area contributed by atoms with Crippen molar-refractivity contribution < 1.29 is 5.11 Å². The van der Waals surface area contributed by atoms with Crippen molar-refractivity contribution in [2.24, 2.45) is 0 Å². The van der Waals surface area contributed by atoms with Gasteiger partial charge in [-0.05, 0) is 31.0 Å². The zero-order valence-electron chi connectivity index (χ0n) is 8.29. The number of rotatable bonds is 1. The lowest BCUT2D eigenvalue weighted by molar-refractivity contribution is 0.145. The van der Waals surface area contributed by atoms with Gasteiger partial charge in [0.05, 0.1) is 16.1 Å². The number of aliphatic hydroxyl groups is 1. The second kappa shape index (κ2) is 4.60. The van der Waals surface area contributed by atoms with Crippen LogP contribution in [-0.4, -0.2) is 24.3 Å². The molecule has 0 radical (unpaired) electrons. The second-order valence-corrected chi connectivity index (χ2v) is 4.63. The molecule has 0 saturated carbocycles. The van der Waals surface area contributed by atoms with E-state index in [0.29, 0.717) is 10.0 Å². The molecule has 2 rings (SSSR count). The summed E-state index contributed by atoms with van der Waals surface area (Å²) in [6, 6.07) is 5.65. The van der Waals surface area contributed by atoms with E-state index < -0.39 is 0 Å². The van der Waals surface area contributed by atoms with Gasteiger partial charge in [0.25, 0.3) is 0 Å². The fourth-order valence-corrected chi connectivity index (χ4v) is 2.10. The Morgan fingerprint density at radius 3 is 2.40 bits per heavy atom. The van der Waals surface area contributed by atoms with Gasteiger partial charge in [-0.3, -0.25) is 0 Å². The number of hydrogen-bond acceptors (Lipinski definition) is 2. The highest BCUT2D eigenvalue weighted by molar-refractivity contribution is 6.42. The molecular formula is C11H13Cl2NO. The van der Waals surface area contributed by atoms with Crippen molar-refractivity contribution in [3.63, 3.8) is 0 Å². The Morgan fingerprint density at radius 1 is 1.13 bits per heavy atom. The van der Waals surface area contributed by atoms with Gasteiger partial charge in [0, 0.05) is 18.8 Å². The first-order chi connectivity index (χ1) is 7.16. The zero-order chi connectivity index (χ0) is 10.8. The van der Waals surface area contributed by atoms with E-state index in [-0.39, 0.29) is 6.10 Å². The third-order valence-electron chi connectivity index (χ3n) is 2.73. The van der Waals surface area contributed by atoms with E-state index >= 15 is 0 Å². The number of halogens is 2. The van der Waals surface area contributed by atoms with Gasteiger partial charge in [0.15, 0.2) is 0 Å². The van der Waals surface area contributed by atoms with Crippen molar-refractivity contribution in [1.29, 1.82) is 0 Å². The summed E-state index contributed by atoms with van der Waals surface area (Å²) in [5.74, 6) is 0. The lowest BCUT2D eigenvalue weighted by atomic mass is 10.1. The topological polar surface area (TPSA) is 23.5 Å². The average molecular weight is 246 g/mol. The molecule has 0 aromatic heterocycles. The third kappa shape index (κ3) is 2.57. The highest BCUT2D eigenvalue weighted by Gasteiger charge is 2.17. The van der Waals surface area contributed by atoms with Gasteiger partial charge >= 0.3 is 0 Å². The summed E-state index contributed by atoms with van der Waals surface area (Å²) in [5.41, 5.74) is 1.08. The summed E-state index contributed by atoms with van der Waals surface area (Å²) in [5, 5.41) is 10.6. The first kappa shape index (κ1) is 11.1. The maximum absolute atomic E-state index is 9.40. The molecular weight excluding hydrogens is 233 g/mol. The van der Waals surface area contributed by atoms with Crippen LogP contribution in [0.25, 0.3) is 0 Å². The SMILES string of the molecule is OC1CCN(c2ccc(Cl)c(Cl)c2)CC1. The molecule has 1 aliphatic heterocycles. The van der Waals surface area contributed by atoms with Crippen molar-refractivity contribution >= 4 is 28.9 Å². The molecule has 1 aromatic carbocycles. The van der Waals surface area contributed by atoms with E-state index in [1.807, 2.05) is 18.2 Å². The Labute approximate surface area is 99.4 Å². The lowest BCUT2D eigenvalue weighted by Gasteiger charge is -2.31. The van der Waals surface area contributed by atoms with Crippen LogP contribution in [0.1, 0.15) is 12.8 Å². The first-order valence-corrected chi connectivity index (χ1v) is 5.80. The van der Waals surface area contributed by atoms with Crippen LogP contribution in [0.2, 0.25) is 10.0 Å². The summed E-state index contributed by atoms with van der Waals surface area (Å²) < 4.78 is 0. The molecule has 0 aliphatic carbocycles. The number of piperidine rings is 1. The van der Waals surface area contributed by atoms with E-state index in [9.17, 15) is 5.11 Å². The summed E-state index contributed by atoms with van der Waals surface area (Å²) >= 11 is 11.8. The molecule has 1 aliphatic rings. The highest BCUT2D eigenvalue weighted by Crippen LogP contribution is 2.28. The minimum absolute atomic E-state index is 0.149. The van der Waals surface area contributed by atoms with Gasteiger partial charge in [-0.25, -0.2) is 0 Å². The fourth-order valence-electron chi connectivity index (χ4n) is 1.81. The third-order valence-corrected chi connectivity index (χ3v) is 3.47. The summed E-state index contributed by atoms with van der Waals surface area (Å²) in [4.78, 5) is 2.22. The highest BCUT2D eigenvalue weighted by atomic mass is 35.5. The van der Waals surface area contributed by atoms with Crippen LogP contribution in [-0.2, 0) is 0 Å². The van der Waals surface area contributed by atoms with E-state index in [0.717, 1.165) is 31.6 Å². The molecule has 1 saturated heterocycles. The predicted octanol–water partition coefficient (Wildman–Crippen LogP) is 2.95. The molecule has 0 atom stereocenters.